The fraction of sp³-hybridized carbons (Fsp3) is 0.588. The van der Waals surface area contributed by atoms with Crippen molar-refractivity contribution in [2.45, 2.75) is 40.3 Å². The van der Waals surface area contributed by atoms with Crippen LogP contribution >= 0.6 is 24.0 Å². The van der Waals surface area contributed by atoms with Crippen LogP contribution in [0.25, 0.3) is 0 Å². The van der Waals surface area contributed by atoms with E-state index in [1.165, 1.54) is 5.69 Å². The number of hydrogen-bond donors (Lipinski definition) is 2. The largest absolute Gasteiger partial charge is 0.356 e. The summed E-state index contributed by atoms with van der Waals surface area (Å²) in [5.41, 5.74) is 2.28. The van der Waals surface area contributed by atoms with Gasteiger partial charge in [-0.05, 0) is 38.3 Å². The fourth-order valence-corrected chi connectivity index (χ4v) is 2.62. The highest BCUT2D eigenvalue weighted by Crippen LogP contribution is 2.02. The van der Waals surface area contributed by atoms with Crippen molar-refractivity contribution in [2.75, 3.05) is 20.1 Å². The first kappa shape index (κ1) is 21.5. The van der Waals surface area contributed by atoms with Gasteiger partial charge in [-0.1, -0.05) is 6.92 Å². The number of halogens is 1. The zero-order valence-corrected chi connectivity index (χ0v) is 17.9. The Balaban J connectivity index is 0.00000312. The molecule has 0 saturated heterocycles. The summed E-state index contributed by atoms with van der Waals surface area (Å²) in [6, 6.07) is 4.05. The molecule has 0 amide bonds. The van der Waals surface area contributed by atoms with Crippen molar-refractivity contribution in [2.24, 2.45) is 10.9 Å². The maximum Gasteiger partial charge on any atom is 0.190 e. The quantitative estimate of drug-likeness (QED) is 0.275. The summed E-state index contributed by atoms with van der Waals surface area (Å²) in [5, 5.41) is 15.4. The van der Waals surface area contributed by atoms with Crippen LogP contribution in [-0.4, -0.2) is 45.7 Å². The van der Waals surface area contributed by atoms with Crippen molar-refractivity contribution in [3.8, 4) is 0 Å². The first-order valence-electron chi connectivity index (χ1n) is 8.51. The summed E-state index contributed by atoms with van der Waals surface area (Å²) in [6.45, 7) is 9.86. The van der Waals surface area contributed by atoms with E-state index in [9.17, 15) is 0 Å². The highest BCUT2D eigenvalue weighted by molar-refractivity contribution is 14.0. The SMILES string of the molecule is CN=C(NCCCn1nc(C)cc1C)NCC(C)Cn1cccn1.I. The van der Waals surface area contributed by atoms with Gasteiger partial charge in [0.15, 0.2) is 5.96 Å². The molecule has 2 heterocycles. The van der Waals surface area contributed by atoms with Crippen molar-refractivity contribution >= 4 is 29.9 Å². The normalized spacial score (nSPS) is 12.6. The maximum atomic E-state index is 4.48. The average molecular weight is 459 g/mol. The van der Waals surface area contributed by atoms with E-state index in [1.807, 2.05) is 30.1 Å². The highest BCUT2D eigenvalue weighted by atomic mass is 127. The summed E-state index contributed by atoms with van der Waals surface area (Å²) in [7, 11) is 1.80. The lowest BCUT2D eigenvalue weighted by atomic mass is 10.2. The van der Waals surface area contributed by atoms with Crippen molar-refractivity contribution in [3.63, 3.8) is 0 Å². The topological polar surface area (TPSA) is 72.1 Å². The monoisotopic (exact) mass is 459 g/mol. The molecule has 25 heavy (non-hydrogen) atoms. The van der Waals surface area contributed by atoms with E-state index in [0.29, 0.717) is 5.92 Å². The van der Waals surface area contributed by atoms with Gasteiger partial charge >= 0.3 is 0 Å². The standard InChI is InChI=1S/C17H29N7.HI/c1-14(13-23-9-6-8-21-23)12-20-17(18-4)19-7-5-10-24-16(3)11-15(2)22-24;/h6,8-9,11,14H,5,7,10,12-13H2,1-4H3,(H2,18,19,20);1H. The van der Waals surface area contributed by atoms with Gasteiger partial charge in [-0.25, -0.2) is 0 Å². The molecule has 0 fully saturated rings. The van der Waals surface area contributed by atoms with E-state index in [1.54, 1.807) is 7.05 Å². The van der Waals surface area contributed by atoms with Crippen molar-refractivity contribution in [3.05, 3.63) is 35.9 Å². The van der Waals surface area contributed by atoms with Crippen LogP contribution in [0.15, 0.2) is 29.5 Å². The van der Waals surface area contributed by atoms with E-state index < -0.39 is 0 Å². The maximum absolute atomic E-state index is 4.48. The van der Waals surface area contributed by atoms with Crippen LogP contribution in [0.5, 0.6) is 0 Å². The number of aromatic nitrogens is 4. The third kappa shape index (κ3) is 7.45. The van der Waals surface area contributed by atoms with Crippen LogP contribution in [0.1, 0.15) is 24.7 Å². The summed E-state index contributed by atoms with van der Waals surface area (Å²) >= 11 is 0. The first-order valence-corrected chi connectivity index (χ1v) is 8.51. The van der Waals surface area contributed by atoms with Crippen molar-refractivity contribution in [1.82, 2.24) is 30.2 Å². The Labute approximate surface area is 167 Å². The zero-order chi connectivity index (χ0) is 17.4. The molecule has 1 unspecified atom stereocenters. The molecule has 2 aromatic heterocycles. The van der Waals surface area contributed by atoms with Gasteiger partial charge in [0.2, 0.25) is 0 Å². The molecule has 1 atom stereocenters. The van der Waals surface area contributed by atoms with Crippen LogP contribution in [0.2, 0.25) is 0 Å². The van der Waals surface area contributed by atoms with Gasteiger partial charge in [0.1, 0.15) is 0 Å². The molecular weight excluding hydrogens is 429 g/mol. The first-order chi connectivity index (χ1) is 11.6. The Morgan fingerprint density at radius 3 is 2.72 bits per heavy atom. The zero-order valence-electron chi connectivity index (χ0n) is 15.6. The molecule has 0 aliphatic carbocycles. The van der Waals surface area contributed by atoms with Gasteiger partial charge in [0, 0.05) is 51.3 Å². The van der Waals surface area contributed by atoms with Gasteiger partial charge in [-0.15, -0.1) is 24.0 Å². The predicted octanol–water partition coefficient (Wildman–Crippen LogP) is 2.21. The fourth-order valence-electron chi connectivity index (χ4n) is 2.62. The second-order valence-electron chi connectivity index (χ2n) is 6.22. The van der Waals surface area contributed by atoms with Gasteiger partial charge in [-0.2, -0.15) is 10.2 Å². The average Bonchev–Trinajstić information content (AvgIpc) is 3.16. The van der Waals surface area contributed by atoms with E-state index in [2.05, 4.69) is 50.4 Å². The molecule has 0 saturated carbocycles. The van der Waals surface area contributed by atoms with Gasteiger partial charge in [0.25, 0.3) is 0 Å². The molecule has 0 bridgehead atoms. The van der Waals surface area contributed by atoms with Crippen molar-refractivity contribution in [1.29, 1.82) is 0 Å². The molecule has 7 nitrogen and oxygen atoms in total. The lowest BCUT2D eigenvalue weighted by molar-refractivity contribution is 0.443. The third-order valence-electron chi connectivity index (χ3n) is 3.84. The number of nitrogens with one attached hydrogen (secondary N) is 2. The van der Waals surface area contributed by atoms with Crippen LogP contribution < -0.4 is 10.6 Å². The van der Waals surface area contributed by atoms with E-state index in [-0.39, 0.29) is 24.0 Å². The molecule has 8 heteroatoms. The molecule has 2 N–H and O–H groups in total. The number of aryl methyl sites for hydroxylation is 3. The van der Waals surface area contributed by atoms with E-state index in [0.717, 1.165) is 44.3 Å². The molecule has 0 radical (unpaired) electrons. The molecular formula is C17H30IN7. The van der Waals surface area contributed by atoms with E-state index >= 15 is 0 Å². The summed E-state index contributed by atoms with van der Waals surface area (Å²) in [6.07, 6.45) is 4.80. The predicted molar refractivity (Wildman–Crippen MR) is 112 cm³/mol. The summed E-state index contributed by atoms with van der Waals surface area (Å²) in [4.78, 5) is 4.27. The molecule has 2 aromatic rings. The molecule has 0 aliphatic heterocycles. The Morgan fingerprint density at radius 1 is 1.32 bits per heavy atom. The van der Waals surface area contributed by atoms with Gasteiger partial charge in [0.05, 0.1) is 5.69 Å². The number of nitrogens with zero attached hydrogens (tertiary/aromatic N) is 5. The Morgan fingerprint density at radius 2 is 2.12 bits per heavy atom. The van der Waals surface area contributed by atoms with Crippen LogP contribution in [0.4, 0.5) is 0 Å². The Bertz CT molecular complexity index is 633. The van der Waals surface area contributed by atoms with Crippen LogP contribution in [0, 0.1) is 19.8 Å². The smallest absolute Gasteiger partial charge is 0.190 e. The minimum absolute atomic E-state index is 0. The van der Waals surface area contributed by atoms with Crippen LogP contribution in [0.3, 0.4) is 0 Å². The lowest BCUT2D eigenvalue weighted by Crippen LogP contribution is -2.40. The number of hydrogen-bond acceptors (Lipinski definition) is 3. The molecule has 0 aromatic carbocycles. The molecule has 140 valence electrons. The second-order valence-corrected chi connectivity index (χ2v) is 6.22. The lowest BCUT2D eigenvalue weighted by Gasteiger charge is -2.16. The Hall–Kier alpha value is -1.58. The molecule has 0 aliphatic rings. The minimum atomic E-state index is 0. The highest BCUT2D eigenvalue weighted by Gasteiger charge is 2.05. The van der Waals surface area contributed by atoms with Crippen LogP contribution in [-0.2, 0) is 13.1 Å². The van der Waals surface area contributed by atoms with E-state index in [4.69, 9.17) is 0 Å². The molecule has 0 spiro atoms. The molecule has 2 rings (SSSR count). The van der Waals surface area contributed by atoms with Gasteiger partial charge < -0.3 is 10.6 Å². The van der Waals surface area contributed by atoms with Gasteiger partial charge in [-0.3, -0.25) is 14.4 Å². The number of rotatable bonds is 8. The Kier molecular flexibility index (Phi) is 9.54. The second kappa shape index (κ2) is 11.1. The summed E-state index contributed by atoms with van der Waals surface area (Å²) in [5.74, 6) is 1.31. The summed E-state index contributed by atoms with van der Waals surface area (Å²) < 4.78 is 4.01. The third-order valence-corrected chi connectivity index (χ3v) is 3.84. The minimum Gasteiger partial charge on any atom is -0.356 e. The number of aliphatic imine (C=N–C) groups is 1. The van der Waals surface area contributed by atoms with Crippen molar-refractivity contribution < 1.29 is 0 Å². The number of guanidine groups is 1.